The summed E-state index contributed by atoms with van der Waals surface area (Å²) in [5, 5.41) is 10.4. The molecule has 0 aromatic carbocycles. The summed E-state index contributed by atoms with van der Waals surface area (Å²) in [6.45, 7) is 1.64. The van der Waals surface area contributed by atoms with Gasteiger partial charge in [0.25, 0.3) is 0 Å². The quantitative estimate of drug-likeness (QED) is 0.761. The monoisotopic (exact) mass is 226 g/mol. The SMILES string of the molecule is CN(CC1(O)CCCC1)C1CCCC1CN. The molecule has 0 bridgehead atoms. The molecule has 2 rings (SSSR count). The van der Waals surface area contributed by atoms with E-state index in [1.165, 1.54) is 32.1 Å². The molecule has 2 atom stereocenters. The minimum Gasteiger partial charge on any atom is -0.389 e. The third-order valence-corrected chi connectivity index (χ3v) is 4.57. The maximum Gasteiger partial charge on any atom is 0.0774 e. The van der Waals surface area contributed by atoms with Gasteiger partial charge in [-0.15, -0.1) is 0 Å². The third kappa shape index (κ3) is 2.58. The molecule has 2 aliphatic rings. The van der Waals surface area contributed by atoms with Gasteiger partial charge < -0.3 is 15.7 Å². The van der Waals surface area contributed by atoms with Crippen LogP contribution < -0.4 is 5.73 Å². The Morgan fingerprint density at radius 3 is 2.56 bits per heavy atom. The largest absolute Gasteiger partial charge is 0.389 e. The summed E-state index contributed by atoms with van der Waals surface area (Å²) >= 11 is 0. The van der Waals surface area contributed by atoms with Crippen LogP contribution in [0.1, 0.15) is 44.9 Å². The van der Waals surface area contributed by atoms with Gasteiger partial charge in [0, 0.05) is 12.6 Å². The van der Waals surface area contributed by atoms with Crippen molar-refractivity contribution < 1.29 is 5.11 Å². The Labute approximate surface area is 99.0 Å². The van der Waals surface area contributed by atoms with Crippen LogP contribution >= 0.6 is 0 Å². The zero-order valence-electron chi connectivity index (χ0n) is 10.5. The van der Waals surface area contributed by atoms with E-state index in [2.05, 4.69) is 11.9 Å². The van der Waals surface area contributed by atoms with Gasteiger partial charge in [0.15, 0.2) is 0 Å². The second-order valence-corrected chi connectivity index (χ2v) is 5.84. The van der Waals surface area contributed by atoms with Crippen molar-refractivity contribution in [3.05, 3.63) is 0 Å². The molecule has 3 nitrogen and oxygen atoms in total. The Hall–Kier alpha value is -0.120. The fraction of sp³-hybridized carbons (Fsp3) is 1.00. The van der Waals surface area contributed by atoms with E-state index >= 15 is 0 Å². The summed E-state index contributed by atoms with van der Waals surface area (Å²) in [5.74, 6) is 0.648. The minimum atomic E-state index is -0.406. The average Bonchev–Trinajstić information content (AvgIpc) is 2.85. The zero-order valence-corrected chi connectivity index (χ0v) is 10.5. The van der Waals surface area contributed by atoms with Crippen molar-refractivity contribution in [2.75, 3.05) is 20.1 Å². The maximum atomic E-state index is 10.4. The summed E-state index contributed by atoms with van der Waals surface area (Å²) in [6.07, 6.45) is 8.17. The molecule has 16 heavy (non-hydrogen) atoms. The van der Waals surface area contributed by atoms with Crippen LogP contribution in [-0.4, -0.2) is 41.8 Å². The Morgan fingerprint density at radius 1 is 1.25 bits per heavy atom. The normalized spacial score (nSPS) is 33.8. The maximum absolute atomic E-state index is 10.4. The van der Waals surface area contributed by atoms with Gasteiger partial charge in [-0.25, -0.2) is 0 Å². The van der Waals surface area contributed by atoms with Crippen LogP contribution in [0.4, 0.5) is 0 Å². The van der Waals surface area contributed by atoms with E-state index < -0.39 is 5.60 Å². The lowest BCUT2D eigenvalue weighted by atomic mass is 9.98. The smallest absolute Gasteiger partial charge is 0.0774 e. The van der Waals surface area contributed by atoms with Crippen LogP contribution in [0.5, 0.6) is 0 Å². The summed E-state index contributed by atoms with van der Waals surface area (Å²) in [4.78, 5) is 2.37. The Morgan fingerprint density at radius 2 is 1.94 bits per heavy atom. The van der Waals surface area contributed by atoms with Crippen molar-refractivity contribution in [1.82, 2.24) is 4.90 Å². The van der Waals surface area contributed by atoms with E-state index in [0.29, 0.717) is 12.0 Å². The van der Waals surface area contributed by atoms with E-state index in [0.717, 1.165) is 25.9 Å². The first-order valence-electron chi connectivity index (χ1n) is 6.77. The highest BCUT2D eigenvalue weighted by Crippen LogP contribution is 2.33. The molecule has 3 heteroatoms. The first-order valence-corrected chi connectivity index (χ1v) is 6.77. The highest BCUT2D eigenvalue weighted by molar-refractivity contribution is 4.91. The van der Waals surface area contributed by atoms with Crippen LogP contribution in [0.25, 0.3) is 0 Å². The van der Waals surface area contributed by atoms with Gasteiger partial charge in [0.05, 0.1) is 5.60 Å². The minimum absolute atomic E-state index is 0.406. The number of nitrogens with two attached hydrogens (primary N) is 1. The van der Waals surface area contributed by atoms with Crippen LogP contribution in [-0.2, 0) is 0 Å². The van der Waals surface area contributed by atoms with Gasteiger partial charge in [0.2, 0.25) is 0 Å². The Kier molecular flexibility index (Phi) is 3.88. The van der Waals surface area contributed by atoms with Crippen molar-refractivity contribution in [3.8, 4) is 0 Å². The zero-order chi connectivity index (χ0) is 11.6. The fourth-order valence-electron chi connectivity index (χ4n) is 3.65. The molecule has 0 spiro atoms. The average molecular weight is 226 g/mol. The van der Waals surface area contributed by atoms with Crippen LogP contribution in [0.15, 0.2) is 0 Å². The third-order valence-electron chi connectivity index (χ3n) is 4.57. The van der Waals surface area contributed by atoms with Crippen LogP contribution in [0, 0.1) is 5.92 Å². The van der Waals surface area contributed by atoms with E-state index in [1.54, 1.807) is 0 Å². The first kappa shape index (κ1) is 12.3. The molecule has 2 unspecified atom stereocenters. The number of rotatable bonds is 4. The lowest BCUT2D eigenvalue weighted by Gasteiger charge is -2.35. The van der Waals surface area contributed by atoms with Crippen molar-refractivity contribution in [2.45, 2.75) is 56.6 Å². The molecular formula is C13H26N2O. The number of hydrogen-bond donors (Lipinski definition) is 2. The highest BCUT2D eigenvalue weighted by atomic mass is 16.3. The molecular weight excluding hydrogens is 200 g/mol. The summed E-state index contributed by atoms with van der Waals surface area (Å²) < 4.78 is 0. The Bertz CT molecular complexity index is 226. The summed E-state index contributed by atoms with van der Waals surface area (Å²) in [6, 6.07) is 0.606. The highest BCUT2D eigenvalue weighted by Gasteiger charge is 2.36. The number of likely N-dealkylation sites (N-methyl/N-ethyl adjacent to an activating group) is 1. The van der Waals surface area contributed by atoms with Crippen molar-refractivity contribution >= 4 is 0 Å². The van der Waals surface area contributed by atoms with E-state index in [-0.39, 0.29) is 0 Å². The second-order valence-electron chi connectivity index (χ2n) is 5.84. The van der Waals surface area contributed by atoms with E-state index in [9.17, 15) is 5.11 Å². The lowest BCUT2D eigenvalue weighted by Crippen LogP contribution is -2.46. The molecule has 0 heterocycles. The van der Waals surface area contributed by atoms with Gasteiger partial charge in [-0.3, -0.25) is 0 Å². The fourth-order valence-corrected chi connectivity index (χ4v) is 3.65. The molecule has 2 aliphatic carbocycles. The van der Waals surface area contributed by atoms with Crippen molar-refractivity contribution in [2.24, 2.45) is 11.7 Å². The van der Waals surface area contributed by atoms with E-state index in [4.69, 9.17) is 5.73 Å². The molecule has 0 aliphatic heterocycles. The molecule has 3 N–H and O–H groups in total. The molecule has 0 radical (unpaired) electrons. The number of aliphatic hydroxyl groups is 1. The van der Waals surface area contributed by atoms with Gasteiger partial charge in [-0.2, -0.15) is 0 Å². The Balaban J connectivity index is 1.89. The van der Waals surface area contributed by atoms with E-state index in [1.807, 2.05) is 0 Å². The van der Waals surface area contributed by atoms with Crippen molar-refractivity contribution in [1.29, 1.82) is 0 Å². The summed E-state index contributed by atoms with van der Waals surface area (Å²) in [5.41, 5.74) is 5.41. The van der Waals surface area contributed by atoms with Gasteiger partial charge in [0.1, 0.15) is 0 Å². The van der Waals surface area contributed by atoms with Gasteiger partial charge in [-0.05, 0) is 45.2 Å². The molecule has 0 aromatic rings. The molecule has 2 fully saturated rings. The molecule has 94 valence electrons. The van der Waals surface area contributed by atoms with Crippen molar-refractivity contribution in [3.63, 3.8) is 0 Å². The standard InChI is InChI=1S/C13H26N2O/c1-15(10-13(16)7-2-3-8-13)12-6-4-5-11(12)9-14/h11-12,16H,2-10,14H2,1H3. The topological polar surface area (TPSA) is 49.5 Å². The predicted octanol–water partition coefficient (Wildman–Crippen LogP) is 1.35. The summed E-state index contributed by atoms with van der Waals surface area (Å²) in [7, 11) is 2.16. The number of nitrogens with zero attached hydrogens (tertiary/aromatic N) is 1. The van der Waals surface area contributed by atoms with Gasteiger partial charge >= 0.3 is 0 Å². The van der Waals surface area contributed by atoms with Crippen LogP contribution in [0.2, 0.25) is 0 Å². The van der Waals surface area contributed by atoms with Crippen LogP contribution in [0.3, 0.4) is 0 Å². The molecule has 0 amide bonds. The molecule has 0 aromatic heterocycles. The predicted molar refractivity (Wildman–Crippen MR) is 66.2 cm³/mol. The van der Waals surface area contributed by atoms with Gasteiger partial charge in [-0.1, -0.05) is 19.3 Å². The molecule has 2 saturated carbocycles. The first-order chi connectivity index (χ1) is 7.64. The molecule has 0 saturated heterocycles. The lowest BCUT2D eigenvalue weighted by molar-refractivity contribution is 0.00104. The second kappa shape index (κ2) is 5.03. The number of hydrogen-bond acceptors (Lipinski definition) is 3.